The zero-order valence-electron chi connectivity index (χ0n) is 15.4. The number of hydrogen-bond donors (Lipinski definition) is 0. The van der Waals surface area contributed by atoms with Crippen LogP contribution < -0.4 is 0 Å². The van der Waals surface area contributed by atoms with Crippen LogP contribution in [0.25, 0.3) is 43.7 Å². The van der Waals surface area contributed by atoms with E-state index in [1.54, 1.807) is 11.3 Å². The highest BCUT2D eigenvalue weighted by molar-refractivity contribution is 7.19. The summed E-state index contributed by atoms with van der Waals surface area (Å²) in [6.07, 6.45) is 1.94. The second kappa shape index (κ2) is 6.63. The second-order valence-corrected chi connectivity index (χ2v) is 7.73. The van der Waals surface area contributed by atoms with Gasteiger partial charge in [0.15, 0.2) is 0 Å². The fraction of sp³-hybridized carbons (Fsp3) is 0.0833. The smallest absolute Gasteiger partial charge is 0.135 e. The van der Waals surface area contributed by atoms with E-state index >= 15 is 0 Å². The van der Waals surface area contributed by atoms with Crippen molar-refractivity contribution >= 4 is 55.0 Å². The Labute approximate surface area is 166 Å². The van der Waals surface area contributed by atoms with Crippen LogP contribution in [0.1, 0.15) is 17.5 Å². The van der Waals surface area contributed by atoms with Gasteiger partial charge in [0, 0.05) is 28.4 Å². The lowest BCUT2D eigenvalue weighted by molar-refractivity contribution is 0.827. The third-order valence-electron chi connectivity index (χ3n) is 5.07. The quantitative estimate of drug-likeness (QED) is 0.336. The number of aryl methyl sites for hydroxylation is 1. The highest BCUT2D eigenvalue weighted by Gasteiger charge is 2.11. The lowest BCUT2D eigenvalue weighted by atomic mass is 10.1. The molecule has 0 saturated heterocycles. The van der Waals surface area contributed by atoms with Crippen molar-refractivity contribution in [1.29, 1.82) is 5.26 Å². The first-order chi connectivity index (χ1) is 13.8. The first-order valence-corrected chi connectivity index (χ1v) is 10.1. The largest absolute Gasteiger partial charge is 0.341 e. The minimum absolute atomic E-state index is 0.597. The number of para-hydroxylation sites is 2. The Morgan fingerprint density at radius 1 is 1.04 bits per heavy atom. The van der Waals surface area contributed by atoms with E-state index in [2.05, 4.69) is 65.0 Å². The molecule has 0 unspecified atom stereocenters. The Morgan fingerprint density at radius 2 is 1.82 bits per heavy atom. The van der Waals surface area contributed by atoms with E-state index in [0.29, 0.717) is 5.57 Å². The number of aromatic nitrogens is 2. The van der Waals surface area contributed by atoms with Crippen LogP contribution in [0, 0.1) is 11.3 Å². The first kappa shape index (κ1) is 16.7. The normalized spacial score (nSPS) is 12.1. The van der Waals surface area contributed by atoms with E-state index in [-0.39, 0.29) is 0 Å². The number of thiazole rings is 1. The van der Waals surface area contributed by atoms with Gasteiger partial charge < -0.3 is 4.57 Å². The summed E-state index contributed by atoms with van der Waals surface area (Å²) in [4.78, 5) is 4.63. The number of hydrogen-bond acceptors (Lipinski definition) is 3. The summed E-state index contributed by atoms with van der Waals surface area (Å²) in [6, 6.07) is 25.2. The topological polar surface area (TPSA) is 41.6 Å². The number of rotatable bonds is 3. The summed E-state index contributed by atoms with van der Waals surface area (Å²) in [6.45, 7) is 3.09. The van der Waals surface area contributed by atoms with E-state index in [4.69, 9.17) is 0 Å². The molecule has 5 rings (SSSR count). The molecule has 2 heterocycles. The molecule has 134 valence electrons. The Hall–Kier alpha value is -3.42. The molecule has 5 aromatic rings. The number of nitrogens with zero attached hydrogens (tertiary/aromatic N) is 3. The molecule has 2 aromatic heterocycles. The zero-order chi connectivity index (χ0) is 19.1. The Bertz CT molecular complexity index is 1380. The molecular formula is C24H17N3S. The van der Waals surface area contributed by atoms with Gasteiger partial charge in [-0.25, -0.2) is 4.98 Å². The molecule has 0 N–H and O–H groups in total. The van der Waals surface area contributed by atoms with Gasteiger partial charge in [-0.1, -0.05) is 36.4 Å². The van der Waals surface area contributed by atoms with E-state index in [1.165, 1.54) is 21.8 Å². The van der Waals surface area contributed by atoms with Crippen LogP contribution >= 0.6 is 11.3 Å². The van der Waals surface area contributed by atoms with E-state index in [0.717, 1.165) is 27.3 Å². The molecule has 0 aliphatic rings. The molecule has 0 spiro atoms. The van der Waals surface area contributed by atoms with Crippen LogP contribution in [0.2, 0.25) is 0 Å². The zero-order valence-corrected chi connectivity index (χ0v) is 16.2. The minimum Gasteiger partial charge on any atom is -0.341 e. The van der Waals surface area contributed by atoms with Crippen LogP contribution in [-0.2, 0) is 6.54 Å². The van der Waals surface area contributed by atoms with Gasteiger partial charge in [0.05, 0.1) is 15.8 Å². The van der Waals surface area contributed by atoms with Crippen LogP contribution in [-0.4, -0.2) is 9.55 Å². The molecule has 3 aromatic carbocycles. The molecule has 4 heteroatoms. The molecule has 0 atom stereocenters. The average Bonchev–Trinajstić information content (AvgIpc) is 3.30. The molecule has 0 aliphatic carbocycles. The van der Waals surface area contributed by atoms with Crippen molar-refractivity contribution in [3.63, 3.8) is 0 Å². The second-order valence-electron chi connectivity index (χ2n) is 6.69. The maximum atomic E-state index is 9.74. The summed E-state index contributed by atoms with van der Waals surface area (Å²) in [5, 5.41) is 13.0. The number of benzene rings is 3. The molecular weight excluding hydrogens is 362 g/mol. The van der Waals surface area contributed by atoms with Crippen molar-refractivity contribution in [3.8, 4) is 6.07 Å². The van der Waals surface area contributed by atoms with Crippen LogP contribution in [0.5, 0.6) is 0 Å². The fourth-order valence-corrected chi connectivity index (χ4v) is 4.73. The summed E-state index contributed by atoms with van der Waals surface area (Å²) in [5.41, 5.74) is 5.01. The van der Waals surface area contributed by atoms with Gasteiger partial charge in [0.1, 0.15) is 11.1 Å². The van der Waals surface area contributed by atoms with Crippen molar-refractivity contribution in [2.24, 2.45) is 0 Å². The van der Waals surface area contributed by atoms with E-state index < -0.39 is 0 Å². The van der Waals surface area contributed by atoms with Gasteiger partial charge in [-0.05, 0) is 48.9 Å². The highest BCUT2D eigenvalue weighted by atomic mass is 32.1. The minimum atomic E-state index is 0.597. The predicted octanol–water partition coefficient (Wildman–Crippen LogP) is 6.49. The van der Waals surface area contributed by atoms with Crippen molar-refractivity contribution in [3.05, 3.63) is 77.3 Å². The number of nitriles is 1. The maximum Gasteiger partial charge on any atom is 0.135 e. The van der Waals surface area contributed by atoms with Crippen LogP contribution in [0.3, 0.4) is 0 Å². The van der Waals surface area contributed by atoms with Crippen LogP contribution in [0.15, 0.2) is 66.7 Å². The third kappa shape index (κ3) is 2.60. The number of allylic oxidation sites excluding steroid dienone is 1. The highest BCUT2D eigenvalue weighted by Crippen LogP contribution is 2.32. The van der Waals surface area contributed by atoms with E-state index in [9.17, 15) is 5.26 Å². The van der Waals surface area contributed by atoms with Gasteiger partial charge in [0.25, 0.3) is 0 Å². The van der Waals surface area contributed by atoms with Crippen molar-refractivity contribution in [2.45, 2.75) is 13.5 Å². The lowest BCUT2D eigenvalue weighted by Crippen LogP contribution is -1.92. The fourth-order valence-electron chi connectivity index (χ4n) is 3.80. The molecule has 0 radical (unpaired) electrons. The van der Waals surface area contributed by atoms with Gasteiger partial charge in [-0.15, -0.1) is 11.3 Å². The Balaban J connectivity index is 1.67. The summed E-state index contributed by atoms with van der Waals surface area (Å²) in [7, 11) is 0. The monoisotopic (exact) mass is 379 g/mol. The summed E-state index contributed by atoms with van der Waals surface area (Å²) < 4.78 is 3.43. The van der Waals surface area contributed by atoms with E-state index in [1.807, 2.05) is 30.3 Å². The molecule has 3 nitrogen and oxygen atoms in total. The SMILES string of the molecule is CCn1c2ccccc2c2cc(/C=C(/C#N)c3nc4ccccc4s3)ccc21. The van der Waals surface area contributed by atoms with Crippen molar-refractivity contribution < 1.29 is 0 Å². The van der Waals surface area contributed by atoms with Gasteiger partial charge in [0.2, 0.25) is 0 Å². The molecule has 0 bridgehead atoms. The third-order valence-corrected chi connectivity index (χ3v) is 6.14. The molecule has 0 fully saturated rings. The standard InChI is InChI=1S/C24H17N3S/c1-2-27-21-9-5-3-7-18(21)19-14-16(11-12-22(19)27)13-17(15-25)24-26-20-8-4-6-10-23(20)28-24/h3-14H,2H2,1H3/b17-13-. The van der Waals surface area contributed by atoms with Crippen molar-refractivity contribution in [1.82, 2.24) is 9.55 Å². The predicted molar refractivity (Wildman–Crippen MR) is 118 cm³/mol. The molecule has 28 heavy (non-hydrogen) atoms. The molecule has 0 aliphatic heterocycles. The summed E-state index contributed by atoms with van der Waals surface area (Å²) >= 11 is 1.56. The van der Waals surface area contributed by atoms with Crippen LogP contribution in [0.4, 0.5) is 0 Å². The van der Waals surface area contributed by atoms with Gasteiger partial charge in [-0.2, -0.15) is 5.26 Å². The Kier molecular flexibility index (Phi) is 3.96. The van der Waals surface area contributed by atoms with Crippen molar-refractivity contribution in [2.75, 3.05) is 0 Å². The molecule has 0 saturated carbocycles. The average molecular weight is 379 g/mol. The van der Waals surface area contributed by atoms with Gasteiger partial charge >= 0.3 is 0 Å². The lowest BCUT2D eigenvalue weighted by Gasteiger charge is -2.03. The Morgan fingerprint density at radius 3 is 2.64 bits per heavy atom. The molecule has 0 amide bonds. The summed E-state index contributed by atoms with van der Waals surface area (Å²) in [5.74, 6) is 0. The maximum absolute atomic E-state index is 9.74. The first-order valence-electron chi connectivity index (χ1n) is 9.27. The number of fused-ring (bicyclic) bond motifs is 4. The van der Waals surface area contributed by atoms with Gasteiger partial charge in [-0.3, -0.25) is 0 Å².